The molecular formula is C9H19NO. The molecule has 0 aliphatic carbocycles. The largest absolute Gasteiger partial charge is 0.370 e. The number of hydrogen-bond donors (Lipinski definition) is 1. The Morgan fingerprint density at radius 1 is 1.27 bits per heavy atom. The first kappa shape index (κ1) is 10.5. The van der Waals surface area contributed by atoms with Gasteiger partial charge in [0.05, 0.1) is 0 Å². The Bertz CT molecular complexity index is 121. The summed E-state index contributed by atoms with van der Waals surface area (Å²) >= 11 is 0. The van der Waals surface area contributed by atoms with Crippen LogP contribution in [-0.2, 0) is 4.79 Å². The number of carbonyl (C=O) groups excluding carboxylic acids is 1. The fourth-order valence-corrected chi connectivity index (χ4v) is 1.06. The second-order valence-electron chi connectivity index (χ2n) is 3.75. The average molecular weight is 157 g/mol. The van der Waals surface area contributed by atoms with Crippen molar-refractivity contribution in [3.05, 3.63) is 0 Å². The van der Waals surface area contributed by atoms with Gasteiger partial charge in [0, 0.05) is 6.42 Å². The smallest absolute Gasteiger partial charge is 0.217 e. The van der Waals surface area contributed by atoms with Crippen molar-refractivity contribution in [1.29, 1.82) is 0 Å². The van der Waals surface area contributed by atoms with E-state index < -0.39 is 0 Å². The van der Waals surface area contributed by atoms with Crippen LogP contribution >= 0.6 is 0 Å². The van der Waals surface area contributed by atoms with E-state index in [1.54, 1.807) is 0 Å². The maximum Gasteiger partial charge on any atom is 0.217 e. The second kappa shape index (κ2) is 5.16. The van der Waals surface area contributed by atoms with Crippen LogP contribution in [0.2, 0.25) is 0 Å². The maximum atomic E-state index is 10.5. The van der Waals surface area contributed by atoms with Crippen LogP contribution in [0.15, 0.2) is 0 Å². The Morgan fingerprint density at radius 2 is 1.82 bits per heavy atom. The third-order valence-corrected chi connectivity index (χ3v) is 1.79. The van der Waals surface area contributed by atoms with Crippen LogP contribution in [0.3, 0.4) is 0 Å². The highest BCUT2D eigenvalue weighted by molar-refractivity contribution is 5.73. The van der Waals surface area contributed by atoms with Gasteiger partial charge in [0.2, 0.25) is 5.91 Å². The summed E-state index contributed by atoms with van der Waals surface area (Å²) in [7, 11) is 0. The van der Waals surface area contributed by atoms with E-state index in [0.29, 0.717) is 12.3 Å². The first-order chi connectivity index (χ1) is 5.02. The molecule has 66 valence electrons. The summed E-state index contributed by atoms with van der Waals surface area (Å²) in [5.74, 6) is 1.00. The molecule has 0 bridgehead atoms. The van der Waals surface area contributed by atoms with Crippen molar-refractivity contribution in [1.82, 2.24) is 0 Å². The lowest BCUT2D eigenvalue weighted by Gasteiger charge is -2.10. The number of carbonyl (C=O) groups is 1. The van der Waals surface area contributed by atoms with Crippen molar-refractivity contribution < 1.29 is 4.79 Å². The Morgan fingerprint density at radius 3 is 2.18 bits per heavy atom. The lowest BCUT2D eigenvalue weighted by molar-refractivity contribution is -0.118. The number of hydrogen-bond acceptors (Lipinski definition) is 1. The predicted molar refractivity (Wildman–Crippen MR) is 47.0 cm³/mol. The summed E-state index contributed by atoms with van der Waals surface area (Å²) in [4.78, 5) is 10.5. The molecule has 2 nitrogen and oxygen atoms in total. The molecule has 11 heavy (non-hydrogen) atoms. The van der Waals surface area contributed by atoms with E-state index in [-0.39, 0.29) is 5.91 Å². The number of rotatable bonds is 5. The molecule has 0 radical (unpaired) electrons. The van der Waals surface area contributed by atoms with Gasteiger partial charge in [-0.2, -0.15) is 0 Å². The molecule has 2 N–H and O–H groups in total. The predicted octanol–water partition coefficient (Wildman–Crippen LogP) is 1.93. The summed E-state index contributed by atoms with van der Waals surface area (Å²) in [6, 6.07) is 0. The van der Waals surface area contributed by atoms with Gasteiger partial charge in [-0.05, 0) is 18.3 Å². The molecule has 0 rings (SSSR count). The van der Waals surface area contributed by atoms with Crippen LogP contribution in [0.4, 0.5) is 0 Å². The van der Waals surface area contributed by atoms with E-state index >= 15 is 0 Å². The molecule has 0 aromatic rings. The minimum absolute atomic E-state index is 0.179. The maximum absolute atomic E-state index is 10.5. The second-order valence-corrected chi connectivity index (χ2v) is 3.75. The first-order valence-electron chi connectivity index (χ1n) is 4.30. The number of amides is 1. The van der Waals surface area contributed by atoms with E-state index in [1.165, 1.54) is 6.42 Å². The number of primary amides is 1. The Balaban J connectivity index is 3.37. The van der Waals surface area contributed by atoms with Crippen LogP contribution in [0.5, 0.6) is 0 Å². The molecule has 0 saturated carbocycles. The van der Waals surface area contributed by atoms with Crippen LogP contribution in [0.25, 0.3) is 0 Å². The van der Waals surface area contributed by atoms with Crippen molar-refractivity contribution in [2.24, 2.45) is 17.6 Å². The lowest BCUT2D eigenvalue weighted by atomic mass is 9.97. The summed E-state index contributed by atoms with van der Waals surface area (Å²) in [5.41, 5.74) is 5.06. The zero-order chi connectivity index (χ0) is 8.85. The monoisotopic (exact) mass is 157 g/mol. The molecule has 2 heteroatoms. The molecule has 0 aromatic heterocycles. The Hall–Kier alpha value is -0.530. The van der Waals surface area contributed by atoms with Crippen molar-refractivity contribution >= 4 is 5.91 Å². The molecule has 0 spiro atoms. The highest BCUT2D eigenvalue weighted by atomic mass is 16.1. The summed E-state index contributed by atoms with van der Waals surface area (Å²) in [6.45, 7) is 6.46. The fourth-order valence-electron chi connectivity index (χ4n) is 1.06. The molecule has 0 aromatic carbocycles. The third kappa shape index (κ3) is 7.37. The van der Waals surface area contributed by atoms with Gasteiger partial charge in [-0.25, -0.2) is 0 Å². The van der Waals surface area contributed by atoms with Crippen LogP contribution < -0.4 is 5.73 Å². The van der Waals surface area contributed by atoms with E-state index in [2.05, 4.69) is 20.8 Å². The first-order valence-corrected chi connectivity index (χ1v) is 4.30. The average Bonchev–Trinajstić information content (AvgIpc) is 1.82. The molecule has 1 unspecified atom stereocenters. The minimum Gasteiger partial charge on any atom is -0.370 e. The van der Waals surface area contributed by atoms with E-state index in [1.807, 2.05) is 0 Å². The molecule has 0 heterocycles. The molecule has 1 amide bonds. The van der Waals surface area contributed by atoms with Crippen LogP contribution in [0.1, 0.15) is 40.0 Å². The Labute approximate surface area is 69.2 Å². The lowest BCUT2D eigenvalue weighted by Crippen LogP contribution is -2.14. The quantitative estimate of drug-likeness (QED) is 0.651. The highest BCUT2D eigenvalue weighted by Crippen LogP contribution is 2.13. The van der Waals surface area contributed by atoms with E-state index in [4.69, 9.17) is 5.73 Å². The van der Waals surface area contributed by atoms with Gasteiger partial charge >= 0.3 is 0 Å². The van der Waals surface area contributed by atoms with Gasteiger partial charge in [0.25, 0.3) is 0 Å². The topological polar surface area (TPSA) is 43.1 Å². The third-order valence-electron chi connectivity index (χ3n) is 1.79. The fraction of sp³-hybridized carbons (Fsp3) is 0.889. The van der Waals surface area contributed by atoms with Gasteiger partial charge in [0.15, 0.2) is 0 Å². The molecule has 1 atom stereocenters. The molecule has 0 fully saturated rings. The van der Waals surface area contributed by atoms with Gasteiger partial charge in [0.1, 0.15) is 0 Å². The zero-order valence-electron chi connectivity index (χ0n) is 7.76. The van der Waals surface area contributed by atoms with Gasteiger partial charge in [-0.3, -0.25) is 4.79 Å². The molecule has 0 aliphatic heterocycles. The standard InChI is InChI=1S/C9H19NO/c1-7(2)4-5-8(3)6-9(10)11/h7-8H,4-6H2,1-3H3,(H2,10,11). The van der Waals surface area contributed by atoms with Gasteiger partial charge in [-0.1, -0.05) is 27.2 Å². The van der Waals surface area contributed by atoms with Crippen molar-refractivity contribution in [2.45, 2.75) is 40.0 Å². The molecular weight excluding hydrogens is 138 g/mol. The number of nitrogens with two attached hydrogens (primary N) is 1. The van der Waals surface area contributed by atoms with Crippen LogP contribution in [-0.4, -0.2) is 5.91 Å². The zero-order valence-corrected chi connectivity index (χ0v) is 7.76. The summed E-state index contributed by atoms with van der Waals surface area (Å²) < 4.78 is 0. The van der Waals surface area contributed by atoms with Gasteiger partial charge < -0.3 is 5.73 Å². The molecule has 0 saturated heterocycles. The molecule has 0 aliphatic rings. The minimum atomic E-state index is -0.179. The highest BCUT2D eigenvalue weighted by Gasteiger charge is 2.06. The van der Waals surface area contributed by atoms with E-state index in [9.17, 15) is 4.79 Å². The van der Waals surface area contributed by atoms with Gasteiger partial charge in [-0.15, -0.1) is 0 Å². The van der Waals surface area contributed by atoms with Crippen LogP contribution in [0, 0.1) is 11.8 Å². The van der Waals surface area contributed by atoms with Crippen molar-refractivity contribution in [3.63, 3.8) is 0 Å². The normalized spacial score (nSPS) is 13.5. The van der Waals surface area contributed by atoms with E-state index in [0.717, 1.165) is 12.3 Å². The van der Waals surface area contributed by atoms with Crippen molar-refractivity contribution in [3.8, 4) is 0 Å². The summed E-state index contributed by atoms with van der Waals surface area (Å²) in [6.07, 6.45) is 2.84. The Kier molecular flexibility index (Phi) is 4.92. The summed E-state index contributed by atoms with van der Waals surface area (Å²) in [5, 5.41) is 0. The SMILES string of the molecule is CC(C)CCC(C)CC(N)=O. The van der Waals surface area contributed by atoms with Crippen molar-refractivity contribution in [2.75, 3.05) is 0 Å².